The number of hydrogen-bond donors (Lipinski definition) is 0. The molecule has 7 nitrogen and oxygen atoms in total. The fourth-order valence-corrected chi connectivity index (χ4v) is 3.97. The molecule has 3 aromatic rings. The van der Waals surface area contributed by atoms with Crippen molar-refractivity contribution in [3.8, 4) is 11.5 Å². The van der Waals surface area contributed by atoms with Gasteiger partial charge in [0, 0.05) is 49.2 Å². The van der Waals surface area contributed by atoms with Crippen molar-refractivity contribution in [2.24, 2.45) is 0 Å². The molecule has 0 spiro atoms. The number of benzene rings is 2. The van der Waals surface area contributed by atoms with Crippen LogP contribution in [-0.4, -0.2) is 59.4 Å². The van der Waals surface area contributed by atoms with Crippen LogP contribution in [0.25, 0.3) is 0 Å². The van der Waals surface area contributed by atoms with Crippen LogP contribution in [0.2, 0.25) is 5.02 Å². The zero-order valence-electron chi connectivity index (χ0n) is 19.2. The van der Waals surface area contributed by atoms with Gasteiger partial charge in [0.25, 0.3) is 11.8 Å². The van der Waals surface area contributed by atoms with Crippen molar-refractivity contribution in [1.29, 1.82) is 0 Å². The predicted octanol–water partition coefficient (Wildman–Crippen LogP) is 4.45. The summed E-state index contributed by atoms with van der Waals surface area (Å²) < 4.78 is 25.7. The fraction of sp³-hybridized carbons (Fsp3) is 0.269. The van der Waals surface area contributed by atoms with Gasteiger partial charge in [-0.15, -0.1) is 0 Å². The van der Waals surface area contributed by atoms with Crippen LogP contribution < -0.4 is 9.47 Å². The number of pyridine rings is 1. The standard InChI is InChI=1S/C26H25ClFN3O4/c1-2-34-24-15-19(3-6-23(24)35-17-18-7-9-29-10-8-18)25(32)30-11-13-31(14-12-30)26(33)21-16-20(27)4-5-22(21)28/h3-10,15-16H,2,11-14,17H2,1H3. The first-order chi connectivity index (χ1) is 17.0. The molecule has 0 bridgehead atoms. The van der Waals surface area contributed by atoms with E-state index in [4.69, 9.17) is 21.1 Å². The third kappa shape index (κ3) is 5.89. The van der Waals surface area contributed by atoms with Gasteiger partial charge in [0.05, 0.1) is 12.2 Å². The second kappa shape index (κ2) is 11.2. The van der Waals surface area contributed by atoms with Gasteiger partial charge in [-0.25, -0.2) is 4.39 Å². The first-order valence-electron chi connectivity index (χ1n) is 11.3. The zero-order chi connectivity index (χ0) is 24.8. The Morgan fingerprint density at radius 2 is 1.60 bits per heavy atom. The average molecular weight is 498 g/mol. The molecule has 4 rings (SSSR count). The van der Waals surface area contributed by atoms with Crippen LogP contribution >= 0.6 is 11.6 Å². The van der Waals surface area contributed by atoms with Gasteiger partial charge in [0.15, 0.2) is 11.5 Å². The molecule has 0 atom stereocenters. The molecular weight excluding hydrogens is 473 g/mol. The number of hydrogen-bond acceptors (Lipinski definition) is 5. The summed E-state index contributed by atoms with van der Waals surface area (Å²) in [5.74, 6) is -0.205. The van der Waals surface area contributed by atoms with Crippen molar-refractivity contribution in [2.75, 3.05) is 32.8 Å². The third-order valence-corrected chi connectivity index (χ3v) is 5.88. The number of carbonyl (C=O) groups excluding carboxylic acids is 2. The first kappa shape index (κ1) is 24.5. The number of halogens is 2. The Hall–Kier alpha value is -3.65. The first-order valence-corrected chi connectivity index (χ1v) is 11.7. The van der Waals surface area contributed by atoms with E-state index in [1.54, 1.807) is 35.5 Å². The summed E-state index contributed by atoms with van der Waals surface area (Å²) in [4.78, 5) is 33.1. The van der Waals surface area contributed by atoms with E-state index in [1.165, 1.54) is 23.1 Å². The predicted molar refractivity (Wildman–Crippen MR) is 129 cm³/mol. The van der Waals surface area contributed by atoms with E-state index in [9.17, 15) is 14.0 Å². The molecule has 0 unspecified atom stereocenters. The molecule has 1 saturated heterocycles. The quantitative estimate of drug-likeness (QED) is 0.482. The van der Waals surface area contributed by atoms with Gasteiger partial charge in [-0.2, -0.15) is 0 Å². The Morgan fingerprint density at radius 1 is 0.914 bits per heavy atom. The number of piperazine rings is 1. The van der Waals surface area contributed by atoms with Gasteiger partial charge >= 0.3 is 0 Å². The highest BCUT2D eigenvalue weighted by Crippen LogP contribution is 2.30. The SMILES string of the molecule is CCOc1cc(C(=O)N2CCN(C(=O)c3cc(Cl)ccc3F)CC2)ccc1OCc1ccncc1. The Kier molecular flexibility index (Phi) is 7.82. The topological polar surface area (TPSA) is 72.0 Å². The lowest BCUT2D eigenvalue weighted by atomic mass is 10.1. The molecule has 2 heterocycles. The second-order valence-corrected chi connectivity index (χ2v) is 8.38. The van der Waals surface area contributed by atoms with E-state index in [1.807, 2.05) is 19.1 Å². The molecule has 1 aromatic heterocycles. The molecule has 0 radical (unpaired) electrons. The van der Waals surface area contributed by atoms with E-state index in [-0.39, 0.29) is 11.5 Å². The van der Waals surface area contributed by atoms with Crippen molar-refractivity contribution in [2.45, 2.75) is 13.5 Å². The summed E-state index contributed by atoms with van der Waals surface area (Å²) in [7, 11) is 0. The van der Waals surface area contributed by atoms with Crippen molar-refractivity contribution < 1.29 is 23.5 Å². The van der Waals surface area contributed by atoms with E-state index in [2.05, 4.69) is 4.98 Å². The van der Waals surface area contributed by atoms with Crippen LogP contribution in [0.15, 0.2) is 60.9 Å². The van der Waals surface area contributed by atoms with Gasteiger partial charge in [-0.05, 0) is 61.0 Å². The van der Waals surface area contributed by atoms with Gasteiger partial charge in [0.2, 0.25) is 0 Å². The summed E-state index contributed by atoms with van der Waals surface area (Å²) in [6, 6.07) is 12.7. The van der Waals surface area contributed by atoms with Crippen molar-refractivity contribution in [1.82, 2.24) is 14.8 Å². The van der Waals surface area contributed by atoms with Gasteiger partial charge in [-0.3, -0.25) is 14.6 Å². The lowest BCUT2D eigenvalue weighted by Crippen LogP contribution is -2.50. The highest BCUT2D eigenvalue weighted by Gasteiger charge is 2.27. The minimum atomic E-state index is -0.618. The van der Waals surface area contributed by atoms with Crippen LogP contribution in [0, 0.1) is 5.82 Å². The Labute approximate surface area is 208 Å². The molecule has 2 aromatic carbocycles. The second-order valence-electron chi connectivity index (χ2n) is 7.95. The van der Waals surface area contributed by atoms with Crippen molar-refractivity contribution >= 4 is 23.4 Å². The maximum absolute atomic E-state index is 14.1. The largest absolute Gasteiger partial charge is 0.490 e. The van der Waals surface area contributed by atoms with Crippen LogP contribution in [-0.2, 0) is 6.61 Å². The summed E-state index contributed by atoms with van der Waals surface area (Å²) in [5, 5.41) is 0.293. The monoisotopic (exact) mass is 497 g/mol. The van der Waals surface area contributed by atoms with Crippen molar-refractivity contribution in [3.05, 3.63) is 88.5 Å². The number of aromatic nitrogens is 1. The number of amides is 2. The molecule has 1 aliphatic rings. The molecule has 9 heteroatoms. The normalized spacial score (nSPS) is 13.5. The summed E-state index contributed by atoms with van der Waals surface area (Å²) in [6.07, 6.45) is 3.39. The highest BCUT2D eigenvalue weighted by molar-refractivity contribution is 6.31. The van der Waals surface area contributed by atoms with E-state index >= 15 is 0 Å². The van der Waals surface area contributed by atoms with Crippen LogP contribution in [0.1, 0.15) is 33.2 Å². The summed E-state index contributed by atoms with van der Waals surface area (Å²) in [6.45, 7) is 3.88. The third-order valence-electron chi connectivity index (χ3n) is 5.65. The van der Waals surface area contributed by atoms with Crippen molar-refractivity contribution in [3.63, 3.8) is 0 Å². The Balaban J connectivity index is 1.40. The number of ether oxygens (including phenoxy) is 2. The maximum Gasteiger partial charge on any atom is 0.257 e. The van der Waals surface area contributed by atoms with E-state index in [0.717, 1.165) is 5.56 Å². The number of nitrogens with zero attached hydrogens (tertiary/aromatic N) is 3. The number of rotatable bonds is 7. The van der Waals surface area contributed by atoms with Crippen LogP contribution in [0.5, 0.6) is 11.5 Å². The average Bonchev–Trinajstić information content (AvgIpc) is 2.89. The molecule has 2 amide bonds. The maximum atomic E-state index is 14.1. The molecule has 0 N–H and O–H groups in total. The molecular formula is C26H25ClFN3O4. The van der Waals surface area contributed by atoms with E-state index in [0.29, 0.717) is 61.5 Å². The molecule has 0 aliphatic carbocycles. The fourth-order valence-electron chi connectivity index (χ4n) is 3.80. The minimum absolute atomic E-state index is 0.0685. The number of carbonyl (C=O) groups is 2. The lowest BCUT2D eigenvalue weighted by Gasteiger charge is -2.35. The van der Waals surface area contributed by atoms with Gasteiger partial charge in [-0.1, -0.05) is 11.6 Å². The van der Waals surface area contributed by atoms with Crippen LogP contribution in [0.4, 0.5) is 4.39 Å². The molecule has 0 saturated carbocycles. The Bertz CT molecular complexity index is 1200. The molecule has 182 valence electrons. The van der Waals surface area contributed by atoms with Gasteiger partial charge < -0.3 is 19.3 Å². The smallest absolute Gasteiger partial charge is 0.257 e. The van der Waals surface area contributed by atoms with E-state index < -0.39 is 11.7 Å². The molecule has 35 heavy (non-hydrogen) atoms. The van der Waals surface area contributed by atoms with Crippen LogP contribution in [0.3, 0.4) is 0 Å². The lowest BCUT2D eigenvalue weighted by molar-refractivity contribution is 0.0532. The summed E-state index contributed by atoms with van der Waals surface area (Å²) in [5.41, 5.74) is 1.36. The van der Waals surface area contributed by atoms with Gasteiger partial charge in [0.1, 0.15) is 12.4 Å². The Morgan fingerprint density at radius 3 is 2.29 bits per heavy atom. The minimum Gasteiger partial charge on any atom is -0.490 e. The zero-order valence-corrected chi connectivity index (χ0v) is 20.0. The highest BCUT2D eigenvalue weighted by atomic mass is 35.5. The summed E-state index contributed by atoms with van der Waals surface area (Å²) >= 11 is 5.92. The molecule has 1 fully saturated rings. The molecule has 1 aliphatic heterocycles.